The Morgan fingerprint density at radius 1 is 1.36 bits per heavy atom. The zero-order valence-electron chi connectivity index (χ0n) is 6.98. The lowest BCUT2D eigenvalue weighted by Gasteiger charge is -2.00. The number of hydrogen-bond donors (Lipinski definition) is 3. The number of nitrogens with one attached hydrogen (secondary N) is 1. The van der Waals surface area contributed by atoms with Crippen LogP contribution in [0, 0.1) is 0 Å². The second-order valence-corrected chi connectivity index (χ2v) is 2.58. The Morgan fingerprint density at radius 2 is 2.00 bits per heavy atom. The van der Waals surface area contributed by atoms with Crippen LogP contribution in [0.2, 0.25) is 0 Å². The van der Waals surface area contributed by atoms with Gasteiger partial charge in [0.1, 0.15) is 5.56 Å². The molecule has 1 aromatic heterocycles. The summed E-state index contributed by atoms with van der Waals surface area (Å²) in [5, 5.41) is 17.1. The van der Waals surface area contributed by atoms with Crippen molar-refractivity contribution in [1.29, 1.82) is 0 Å². The molecule has 0 aliphatic rings. The summed E-state index contributed by atoms with van der Waals surface area (Å²) in [5.41, 5.74) is -1.32. The van der Waals surface area contributed by atoms with Gasteiger partial charge in [0.25, 0.3) is 5.56 Å². The molecule has 1 rings (SSSR count). The minimum absolute atomic E-state index is 0.00579. The minimum atomic E-state index is -1.43. The van der Waals surface area contributed by atoms with Crippen LogP contribution in [0.4, 0.5) is 0 Å². The number of aromatic carboxylic acids is 1. The highest BCUT2D eigenvalue weighted by molar-refractivity contribution is 5.90. The molecular weight excluding hydrogens is 190 g/mol. The van der Waals surface area contributed by atoms with Crippen LogP contribution in [0.5, 0.6) is 0 Å². The summed E-state index contributed by atoms with van der Waals surface area (Å²) in [6.45, 7) is 0. The zero-order chi connectivity index (χ0) is 10.7. The molecule has 1 heterocycles. The van der Waals surface area contributed by atoms with E-state index in [0.29, 0.717) is 0 Å². The van der Waals surface area contributed by atoms with Crippen molar-refractivity contribution in [2.75, 3.05) is 0 Å². The molecule has 0 atom stereocenters. The molecule has 0 bridgehead atoms. The number of H-pyrrole nitrogens is 1. The fourth-order valence-corrected chi connectivity index (χ4v) is 1.06. The molecule has 14 heavy (non-hydrogen) atoms. The Bertz CT molecular complexity index is 434. The van der Waals surface area contributed by atoms with E-state index in [1.165, 1.54) is 12.3 Å². The average Bonchev–Trinajstić information content (AvgIpc) is 2.01. The van der Waals surface area contributed by atoms with Gasteiger partial charge in [0.2, 0.25) is 0 Å². The molecule has 0 aliphatic heterocycles. The van der Waals surface area contributed by atoms with Gasteiger partial charge in [0, 0.05) is 6.20 Å². The Balaban J connectivity index is 3.28. The molecule has 74 valence electrons. The number of carboxylic acid groups (broad SMARTS) is 2. The van der Waals surface area contributed by atoms with Crippen molar-refractivity contribution in [1.82, 2.24) is 4.98 Å². The maximum atomic E-state index is 11.0. The Kier molecular flexibility index (Phi) is 2.66. The van der Waals surface area contributed by atoms with E-state index in [-0.39, 0.29) is 5.56 Å². The predicted molar refractivity (Wildman–Crippen MR) is 45.4 cm³/mol. The minimum Gasteiger partial charge on any atom is -0.481 e. The van der Waals surface area contributed by atoms with Gasteiger partial charge in [-0.15, -0.1) is 0 Å². The van der Waals surface area contributed by atoms with E-state index in [4.69, 9.17) is 10.2 Å². The summed E-state index contributed by atoms with van der Waals surface area (Å²) in [4.78, 5) is 34.2. The number of pyridine rings is 1. The SMILES string of the molecule is O=C(O)Cc1cc[nH]c(=O)c1C(=O)O. The van der Waals surface area contributed by atoms with Crippen LogP contribution in [0.15, 0.2) is 17.1 Å². The maximum Gasteiger partial charge on any atom is 0.341 e. The number of aromatic amines is 1. The number of aliphatic carboxylic acids is 1. The van der Waals surface area contributed by atoms with Gasteiger partial charge in [-0.2, -0.15) is 0 Å². The lowest BCUT2D eigenvalue weighted by Crippen LogP contribution is -2.21. The Labute approximate surface area is 77.8 Å². The van der Waals surface area contributed by atoms with E-state index in [0.717, 1.165) is 0 Å². The van der Waals surface area contributed by atoms with Crippen molar-refractivity contribution in [2.24, 2.45) is 0 Å². The van der Waals surface area contributed by atoms with Crippen LogP contribution in [-0.2, 0) is 11.2 Å². The average molecular weight is 197 g/mol. The van der Waals surface area contributed by atoms with Crippen molar-refractivity contribution in [3.63, 3.8) is 0 Å². The molecule has 0 spiro atoms. The summed E-state index contributed by atoms with van der Waals surface area (Å²) >= 11 is 0. The third-order valence-corrected chi connectivity index (χ3v) is 1.60. The highest BCUT2D eigenvalue weighted by Crippen LogP contribution is 2.03. The molecule has 3 N–H and O–H groups in total. The molecule has 0 aromatic carbocycles. The molecule has 0 radical (unpaired) electrons. The number of hydrogen-bond acceptors (Lipinski definition) is 3. The third kappa shape index (κ3) is 1.98. The van der Waals surface area contributed by atoms with Crippen LogP contribution in [0.3, 0.4) is 0 Å². The van der Waals surface area contributed by atoms with E-state index >= 15 is 0 Å². The van der Waals surface area contributed by atoms with E-state index in [1.54, 1.807) is 0 Å². The van der Waals surface area contributed by atoms with E-state index in [2.05, 4.69) is 4.98 Å². The van der Waals surface area contributed by atoms with Gasteiger partial charge in [-0.1, -0.05) is 0 Å². The highest BCUT2D eigenvalue weighted by Gasteiger charge is 2.15. The van der Waals surface area contributed by atoms with E-state index in [1.807, 2.05) is 0 Å². The van der Waals surface area contributed by atoms with Gasteiger partial charge >= 0.3 is 11.9 Å². The zero-order valence-corrected chi connectivity index (χ0v) is 6.98. The van der Waals surface area contributed by atoms with Gasteiger partial charge in [0.15, 0.2) is 0 Å². The van der Waals surface area contributed by atoms with Crippen molar-refractivity contribution >= 4 is 11.9 Å². The molecular formula is C8H7NO5. The molecule has 1 aromatic rings. The molecule has 6 heteroatoms. The van der Waals surface area contributed by atoms with Crippen LogP contribution in [-0.4, -0.2) is 27.1 Å². The maximum absolute atomic E-state index is 11.0. The van der Waals surface area contributed by atoms with Crippen molar-refractivity contribution in [3.8, 4) is 0 Å². The molecule has 0 fully saturated rings. The molecule has 0 amide bonds. The standard InChI is InChI=1S/C8H7NO5/c10-5(11)3-4-1-2-9-7(12)6(4)8(13)14/h1-2H,3H2,(H,9,12)(H,10,11)(H,13,14). The molecule has 0 aliphatic carbocycles. The Morgan fingerprint density at radius 3 is 2.50 bits per heavy atom. The molecule has 0 saturated heterocycles. The lowest BCUT2D eigenvalue weighted by molar-refractivity contribution is -0.136. The summed E-state index contributed by atoms with van der Waals surface area (Å²) in [6.07, 6.45) is 0.735. The van der Waals surface area contributed by atoms with Crippen LogP contribution in [0.25, 0.3) is 0 Å². The topological polar surface area (TPSA) is 107 Å². The summed E-state index contributed by atoms with van der Waals surface area (Å²) in [7, 11) is 0. The molecule has 0 unspecified atom stereocenters. The monoisotopic (exact) mass is 197 g/mol. The third-order valence-electron chi connectivity index (χ3n) is 1.60. The Hall–Kier alpha value is -2.11. The summed E-state index contributed by atoms with van der Waals surface area (Å²) in [6, 6.07) is 1.26. The highest BCUT2D eigenvalue weighted by atomic mass is 16.4. The fraction of sp³-hybridized carbons (Fsp3) is 0.125. The second-order valence-electron chi connectivity index (χ2n) is 2.58. The van der Waals surface area contributed by atoms with E-state index < -0.39 is 29.5 Å². The first-order chi connectivity index (χ1) is 6.52. The van der Waals surface area contributed by atoms with Gasteiger partial charge in [-0.25, -0.2) is 4.79 Å². The fourth-order valence-electron chi connectivity index (χ4n) is 1.06. The summed E-state index contributed by atoms with van der Waals surface area (Å²) < 4.78 is 0. The van der Waals surface area contributed by atoms with Crippen molar-refractivity contribution < 1.29 is 19.8 Å². The van der Waals surface area contributed by atoms with Crippen molar-refractivity contribution in [2.45, 2.75) is 6.42 Å². The van der Waals surface area contributed by atoms with Gasteiger partial charge in [-0.3, -0.25) is 9.59 Å². The first-order valence-electron chi connectivity index (χ1n) is 3.68. The van der Waals surface area contributed by atoms with Crippen LogP contribution < -0.4 is 5.56 Å². The molecule has 0 saturated carbocycles. The number of carboxylic acids is 2. The number of carbonyl (C=O) groups is 2. The summed E-state index contributed by atoms with van der Waals surface area (Å²) in [5.74, 6) is -2.61. The second kappa shape index (κ2) is 3.73. The quantitative estimate of drug-likeness (QED) is 0.616. The lowest BCUT2D eigenvalue weighted by atomic mass is 10.1. The van der Waals surface area contributed by atoms with Crippen molar-refractivity contribution in [3.05, 3.63) is 33.7 Å². The smallest absolute Gasteiger partial charge is 0.341 e. The first-order valence-corrected chi connectivity index (χ1v) is 3.68. The van der Waals surface area contributed by atoms with Crippen LogP contribution in [0.1, 0.15) is 15.9 Å². The van der Waals surface area contributed by atoms with Gasteiger partial charge in [0.05, 0.1) is 6.42 Å². The largest absolute Gasteiger partial charge is 0.481 e. The first kappa shape index (κ1) is 9.97. The van der Waals surface area contributed by atoms with Gasteiger partial charge in [-0.05, 0) is 11.6 Å². The normalized spacial score (nSPS) is 9.71. The van der Waals surface area contributed by atoms with E-state index in [9.17, 15) is 14.4 Å². The van der Waals surface area contributed by atoms with Gasteiger partial charge < -0.3 is 15.2 Å². The van der Waals surface area contributed by atoms with Crippen LogP contribution >= 0.6 is 0 Å². The number of aromatic nitrogens is 1. The predicted octanol–water partition coefficient (Wildman–Crippen LogP) is -0.300. The molecule has 6 nitrogen and oxygen atoms in total. The number of rotatable bonds is 3.